The number of hydrogen-bond donors (Lipinski definition) is 2. The number of halogens is 1. The molecule has 0 spiro atoms. The molecule has 0 saturated carbocycles. The van der Waals surface area contributed by atoms with Gasteiger partial charge < -0.3 is 20.1 Å². The zero-order valence-electron chi connectivity index (χ0n) is 21.3. The van der Waals surface area contributed by atoms with Crippen molar-refractivity contribution in [3.05, 3.63) is 92.2 Å². The number of rotatable bonds is 9. The molecule has 9 heteroatoms. The molecule has 1 saturated heterocycles. The highest BCUT2D eigenvalue weighted by Gasteiger charge is 2.33. The van der Waals surface area contributed by atoms with E-state index in [1.807, 2.05) is 69.3 Å². The number of nitrogens with one attached hydrogen (secondary N) is 2. The number of carbonyl (C=O) groups excluding carboxylic acids is 3. The van der Waals surface area contributed by atoms with Gasteiger partial charge in [0.15, 0.2) is 18.1 Å². The zero-order chi connectivity index (χ0) is 27.2. The van der Waals surface area contributed by atoms with Gasteiger partial charge in [-0.1, -0.05) is 47.5 Å². The maximum absolute atomic E-state index is 13.0. The Kier molecular flexibility index (Phi) is 8.67. The number of amides is 4. The molecule has 38 heavy (non-hydrogen) atoms. The number of hydrogen-bond acceptors (Lipinski definition) is 5. The molecular formula is C29H28IN3O5. The number of carbonyl (C=O) groups is 3. The second-order valence-corrected chi connectivity index (χ2v) is 10.00. The zero-order valence-corrected chi connectivity index (χ0v) is 23.5. The second kappa shape index (κ2) is 12.1. The van der Waals surface area contributed by atoms with Gasteiger partial charge in [-0.05, 0) is 84.8 Å². The van der Waals surface area contributed by atoms with Crippen LogP contribution >= 0.6 is 22.6 Å². The summed E-state index contributed by atoms with van der Waals surface area (Å²) in [6.07, 6.45) is 1.61. The molecule has 4 rings (SSSR count). The van der Waals surface area contributed by atoms with E-state index in [1.54, 1.807) is 18.2 Å². The molecule has 4 amide bonds. The molecule has 1 aliphatic rings. The third kappa shape index (κ3) is 6.71. The van der Waals surface area contributed by atoms with Crippen LogP contribution in [0.4, 0.5) is 10.5 Å². The molecule has 1 heterocycles. The van der Waals surface area contributed by atoms with Gasteiger partial charge in [-0.15, -0.1) is 0 Å². The summed E-state index contributed by atoms with van der Waals surface area (Å²) in [4.78, 5) is 39.1. The van der Waals surface area contributed by atoms with Crippen molar-refractivity contribution in [3.8, 4) is 11.5 Å². The summed E-state index contributed by atoms with van der Waals surface area (Å²) in [6.45, 7) is 6.14. The normalized spacial score (nSPS) is 14.0. The van der Waals surface area contributed by atoms with Crippen molar-refractivity contribution >= 4 is 52.2 Å². The summed E-state index contributed by atoms with van der Waals surface area (Å²) in [7, 11) is 0. The van der Waals surface area contributed by atoms with Crippen LogP contribution in [-0.4, -0.2) is 36.0 Å². The van der Waals surface area contributed by atoms with Crippen molar-refractivity contribution in [1.29, 1.82) is 0 Å². The predicted molar refractivity (Wildman–Crippen MR) is 154 cm³/mol. The lowest BCUT2D eigenvalue weighted by molar-refractivity contribution is -0.123. The van der Waals surface area contributed by atoms with Crippen molar-refractivity contribution in [3.63, 3.8) is 0 Å². The number of urea groups is 1. The number of imide groups is 1. The van der Waals surface area contributed by atoms with Crippen molar-refractivity contribution < 1.29 is 23.9 Å². The first-order chi connectivity index (χ1) is 18.2. The van der Waals surface area contributed by atoms with Gasteiger partial charge in [0.25, 0.3) is 11.8 Å². The van der Waals surface area contributed by atoms with Gasteiger partial charge in [-0.2, -0.15) is 0 Å². The molecule has 2 N–H and O–H groups in total. The number of aryl methyl sites for hydroxylation is 2. The van der Waals surface area contributed by atoms with Crippen molar-refractivity contribution in [2.45, 2.75) is 27.3 Å². The fourth-order valence-corrected chi connectivity index (χ4v) is 4.70. The first-order valence-electron chi connectivity index (χ1n) is 12.1. The molecule has 0 atom stereocenters. The van der Waals surface area contributed by atoms with Crippen LogP contribution in [0.1, 0.15) is 29.2 Å². The van der Waals surface area contributed by atoms with E-state index in [0.717, 1.165) is 16.7 Å². The standard InChI is InChI=1S/C29H28IN3O5/c1-4-37-25-15-21(13-23(30)27(25)38-17-26(34)31-22-10-8-18(2)9-11-22)14-24-28(35)33(29(36)32-24)16-20-7-5-6-19(3)12-20/h5-15H,4,16-17H2,1-3H3,(H,31,34)(H,32,36)/b24-14+. The number of ether oxygens (including phenoxy) is 2. The third-order valence-corrected chi connectivity index (χ3v) is 6.51. The Morgan fingerprint density at radius 3 is 2.50 bits per heavy atom. The molecule has 0 aliphatic carbocycles. The van der Waals surface area contributed by atoms with Gasteiger partial charge in [-0.25, -0.2) is 4.79 Å². The van der Waals surface area contributed by atoms with E-state index < -0.39 is 11.9 Å². The fraction of sp³-hybridized carbons (Fsp3) is 0.207. The molecule has 0 aromatic heterocycles. The van der Waals surface area contributed by atoms with Crippen LogP contribution in [0.5, 0.6) is 11.5 Å². The number of benzene rings is 3. The summed E-state index contributed by atoms with van der Waals surface area (Å²) in [5.74, 6) is 0.156. The number of anilines is 1. The SMILES string of the molecule is CCOc1cc(/C=C2/NC(=O)N(Cc3cccc(C)c3)C2=O)cc(I)c1OCC(=O)Nc1ccc(C)cc1. The first-order valence-corrected chi connectivity index (χ1v) is 13.2. The van der Waals surface area contributed by atoms with E-state index in [2.05, 4.69) is 33.2 Å². The van der Waals surface area contributed by atoms with Gasteiger partial charge in [0, 0.05) is 5.69 Å². The Bertz CT molecular complexity index is 1400. The Morgan fingerprint density at radius 2 is 1.79 bits per heavy atom. The van der Waals surface area contributed by atoms with Crippen LogP contribution in [0.15, 0.2) is 66.4 Å². The van der Waals surface area contributed by atoms with Crippen LogP contribution in [0.3, 0.4) is 0 Å². The van der Waals surface area contributed by atoms with Crippen molar-refractivity contribution in [1.82, 2.24) is 10.2 Å². The molecule has 0 radical (unpaired) electrons. The lowest BCUT2D eigenvalue weighted by atomic mass is 10.1. The van der Waals surface area contributed by atoms with Gasteiger partial charge in [0.1, 0.15) is 5.70 Å². The highest BCUT2D eigenvalue weighted by molar-refractivity contribution is 14.1. The second-order valence-electron chi connectivity index (χ2n) is 8.83. The van der Waals surface area contributed by atoms with Crippen molar-refractivity contribution in [2.24, 2.45) is 0 Å². The van der Waals surface area contributed by atoms with Crippen molar-refractivity contribution in [2.75, 3.05) is 18.5 Å². The van der Waals surface area contributed by atoms with Gasteiger partial charge in [-0.3, -0.25) is 14.5 Å². The van der Waals surface area contributed by atoms with Crippen LogP contribution in [0, 0.1) is 17.4 Å². The molecule has 3 aromatic carbocycles. The maximum atomic E-state index is 13.0. The van der Waals surface area contributed by atoms with Crippen LogP contribution in [0.2, 0.25) is 0 Å². The van der Waals surface area contributed by atoms with E-state index in [0.29, 0.717) is 32.9 Å². The highest BCUT2D eigenvalue weighted by Crippen LogP contribution is 2.35. The minimum Gasteiger partial charge on any atom is -0.490 e. The summed E-state index contributed by atoms with van der Waals surface area (Å²) >= 11 is 2.09. The first kappa shape index (κ1) is 27.2. The molecule has 3 aromatic rings. The average Bonchev–Trinajstić information content (AvgIpc) is 3.12. The van der Waals surface area contributed by atoms with Gasteiger partial charge >= 0.3 is 6.03 Å². The van der Waals surface area contributed by atoms with E-state index in [1.165, 1.54) is 4.90 Å². The number of nitrogens with zero attached hydrogens (tertiary/aromatic N) is 1. The summed E-state index contributed by atoms with van der Waals surface area (Å²) in [6, 6.07) is 18.2. The van der Waals surface area contributed by atoms with Gasteiger partial charge in [0.2, 0.25) is 0 Å². The summed E-state index contributed by atoms with van der Waals surface area (Å²) < 4.78 is 12.3. The Balaban J connectivity index is 1.48. The molecule has 0 unspecified atom stereocenters. The monoisotopic (exact) mass is 625 g/mol. The minimum atomic E-state index is -0.470. The quantitative estimate of drug-likeness (QED) is 0.188. The summed E-state index contributed by atoms with van der Waals surface area (Å²) in [5, 5.41) is 5.46. The molecule has 196 valence electrons. The summed E-state index contributed by atoms with van der Waals surface area (Å²) in [5.41, 5.74) is 4.53. The fourth-order valence-electron chi connectivity index (χ4n) is 3.92. The molecular weight excluding hydrogens is 597 g/mol. The van der Waals surface area contributed by atoms with E-state index in [9.17, 15) is 14.4 Å². The topological polar surface area (TPSA) is 97.0 Å². The lowest BCUT2D eigenvalue weighted by Gasteiger charge is -2.15. The van der Waals surface area contributed by atoms with Crippen LogP contribution in [-0.2, 0) is 16.1 Å². The third-order valence-electron chi connectivity index (χ3n) is 5.71. The largest absolute Gasteiger partial charge is 0.490 e. The van der Waals surface area contributed by atoms with E-state index >= 15 is 0 Å². The smallest absolute Gasteiger partial charge is 0.329 e. The molecule has 1 fully saturated rings. The molecule has 0 bridgehead atoms. The van der Waals surface area contributed by atoms with E-state index in [-0.39, 0.29) is 24.8 Å². The van der Waals surface area contributed by atoms with E-state index in [4.69, 9.17) is 9.47 Å². The van der Waals surface area contributed by atoms with Crippen LogP contribution < -0.4 is 20.1 Å². The minimum absolute atomic E-state index is 0.173. The highest BCUT2D eigenvalue weighted by atomic mass is 127. The Morgan fingerprint density at radius 1 is 1.03 bits per heavy atom. The Hall–Kier alpha value is -3.86. The van der Waals surface area contributed by atoms with Crippen LogP contribution in [0.25, 0.3) is 6.08 Å². The lowest BCUT2D eigenvalue weighted by Crippen LogP contribution is -2.30. The van der Waals surface area contributed by atoms with Gasteiger partial charge in [0.05, 0.1) is 16.7 Å². The molecule has 8 nitrogen and oxygen atoms in total. The Labute approximate surface area is 235 Å². The maximum Gasteiger partial charge on any atom is 0.329 e. The molecule has 1 aliphatic heterocycles. The average molecular weight is 625 g/mol. The predicted octanol–water partition coefficient (Wildman–Crippen LogP) is 5.42.